The maximum Gasteiger partial charge on any atom is 0.252 e. The molecule has 0 saturated carbocycles. The summed E-state index contributed by atoms with van der Waals surface area (Å²) in [5, 5.41) is 7.05. The Morgan fingerprint density at radius 3 is 2.59 bits per heavy atom. The number of carbonyl (C=O) groups is 2. The molecule has 2 rings (SSSR count). The number of benzene rings is 1. The molecule has 0 unspecified atom stereocenters. The van der Waals surface area contributed by atoms with Crippen molar-refractivity contribution in [1.29, 1.82) is 0 Å². The van der Waals surface area contributed by atoms with Crippen LogP contribution in [0.25, 0.3) is 0 Å². The van der Waals surface area contributed by atoms with Gasteiger partial charge in [-0.25, -0.2) is 0 Å². The third-order valence-electron chi connectivity index (χ3n) is 3.17. The first-order valence-electron chi connectivity index (χ1n) is 6.85. The molecule has 0 bridgehead atoms. The van der Waals surface area contributed by atoms with Gasteiger partial charge in [0.05, 0.1) is 0 Å². The van der Waals surface area contributed by atoms with Gasteiger partial charge in [0.2, 0.25) is 5.91 Å². The summed E-state index contributed by atoms with van der Waals surface area (Å²) in [6, 6.07) is 9.15. The van der Waals surface area contributed by atoms with Crippen LogP contribution in [0, 0.1) is 0 Å². The van der Waals surface area contributed by atoms with Crippen molar-refractivity contribution >= 4 is 34.8 Å². The maximum absolute atomic E-state index is 12.0. The van der Waals surface area contributed by atoms with Gasteiger partial charge in [0.25, 0.3) is 5.91 Å². The fourth-order valence-corrected chi connectivity index (χ4v) is 2.68. The first-order valence-corrected chi connectivity index (χ1v) is 8.17. The number of nitrogens with one attached hydrogen (secondary N) is 1. The lowest BCUT2D eigenvalue weighted by molar-refractivity contribution is -0.130. The van der Waals surface area contributed by atoms with Crippen LogP contribution in [-0.2, 0) is 11.3 Å². The van der Waals surface area contributed by atoms with E-state index in [0.717, 1.165) is 5.56 Å². The van der Waals surface area contributed by atoms with E-state index in [1.54, 1.807) is 35.5 Å². The molecule has 0 atom stereocenters. The summed E-state index contributed by atoms with van der Waals surface area (Å²) in [7, 11) is 1.75. The lowest BCUT2D eigenvalue weighted by Crippen LogP contribution is -2.31. The fourth-order valence-electron chi connectivity index (χ4n) is 1.92. The van der Waals surface area contributed by atoms with Crippen LogP contribution in [0.2, 0.25) is 5.02 Å². The van der Waals surface area contributed by atoms with Crippen LogP contribution in [0.3, 0.4) is 0 Å². The smallest absolute Gasteiger partial charge is 0.252 e. The minimum absolute atomic E-state index is 0.0134. The van der Waals surface area contributed by atoms with Crippen LogP contribution in [0.4, 0.5) is 0 Å². The molecule has 2 aromatic rings. The molecule has 0 aliphatic rings. The Labute approximate surface area is 138 Å². The molecule has 0 aliphatic carbocycles. The van der Waals surface area contributed by atoms with Crippen molar-refractivity contribution in [2.45, 2.75) is 13.0 Å². The van der Waals surface area contributed by atoms with E-state index in [-0.39, 0.29) is 18.2 Å². The fraction of sp³-hybridized carbons (Fsp3) is 0.250. The Hall–Kier alpha value is -1.85. The molecule has 0 radical (unpaired) electrons. The molecule has 0 saturated heterocycles. The Morgan fingerprint density at radius 1 is 1.23 bits per heavy atom. The topological polar surface area (TPSA) is 49.4 Å². The summed E-state index contributed by atoms with van der Waals surface area (Å²) in [6.45, 7) is 0.854. The number of hydrogen-bond acceptors (Lipinski definition) is 3. The summed E-state index contributed by atoms with van der Waals surface area (Å²) in [4.78, 5) is 25.4. The van der Waals surface area contributed by atoms with E-state index < -0.39 is 0 Å². The zero-order valence-corrected chi connectivity index (χ0v) is 13.8. The Bertz CT molecular complexity index is 626. The molecule has 1 aromatic carbocycles. The minimum atomic E-state index is -0.144. The number of amides is 2. The summed E-state index contributed by atoms with van der Waals surface area (Å²) in [5.74, 6) is -0.157. The molecule has 0 spiro atoms. The highest BCUT2D eigenvalue weighted by atomic mass is 35.5. The van der Waals surface area contributed by atoms with Gasteiger partial charge in [-0.15, -0.1) is 0 Å². The van der Waals surface area contributed by atoms with Crippen LogP contribution in [0.1, 0.15) is 22.3 Å². The molecule has 1 heterocycles. The van der Waals surface area contributed by atoms with Gasteiger partial charge in [-0.1, -0.05) is 23.7 Å². The SMILES string of the molecule is CN(Cc1ccc(Cl)cc1)C(=O)CCNC(=O)c1ccsc1. The number of thiophene rings is 1. The van der Waals surface area contributed by atoms with E-state index in [1.807, 2.05) is 17.5 Å². The van der Waals surface area contributed by atoms with E-state index in [1.165, 1.54) is 11.3 Å². The molecule has 0 fully saturated rings. The standard InChI is InChI=1S/C16H17ClN2O2S/c1-19(10-12-2-4-14(17)5-3-12)15(20)6-8-18-16(21)13-7-9-22-11-13/h2-5,7,9,11H,6,8,10H2,1H3,(H,18,21). The highest BCUT2D eigenvalue weighted by Crippen LogP contribution is 2.11. The second-order valence-electron chi connectivity index (χ2n) is 4.89. The lowest BCUT2D eigenvalue weighted by atomic mass is 10.2. The van der Waals surface area contributed by atoms with E-state index in [2.05, 4.69) is 5.32 Å². The summed E-state index contributed by atoms with van der Waals surface area (Å²) in [6.07, 6.45) is 0.278. The van der Waals surface area contributed by atoms with Gasteiger partial charge in [-0.05, 0) is 29.1 Å². The Balaban J connectivity index is 1.74. The van der Waals surface area contributed by atoms with E-state index in [9.17, 15) is 9.59 Å². The average Bonchev–Trinajstić information content (AvgIpc) is 3.03. The summed E-state index contributed by atoms with van der Waals surface area (Å²) in [5.41, 5.74) is 1.65. The zero-order chi connectivity index (χ0) is 15.9. The number of nitrogens with zero attached hydrogens (tertiary/aromatic N) is 1. The highest BCUT2D eigenvalue weighted by molar-refractivity contribution is 7.08. The predicted molar refractivity (Wildman–Crippen MR) is 89.2 cm³/mol. The molecular weight excluding hydrogens is 320 g/mol. The maximum atomic E-state index is 12.0. The third-order valence-corrected chi connectivity index (χ3v) is 4.10. The van der Waals surface area contributed by atoms with Gasteiger partial charge in [0, 0.05) is 42.5 Å². The molecular formula is C16H17ClN2O2S. The number of hydrogen-bond donors (Lipinski definition) is 1. The van der Waals surface area contributed by atoms with E-state index in [4.69, 9.17) is 11.6 Å². The summed E-state index contributed by atoms with van der Waals surface area (Å²) < 4.78 is 0. The molecule has 4 nitrogen and oxygen atoms in total. The van der Waals surface area contributed by atoms with Gasteiger partial charge in [0.1, 0.15) is 0 Å². The van der Waals surface area contributed by atoms with Crippen molar-refractivity contribution < 1.29 is 9.59 Å². The number of carbonyl (C=O) groups excluding carboxylic acids is 2. The van der Waals surface area contributed by atoms with Crippen molar-refractivity contribution in [3.63, 3.8) is 0 Å². The van der Waals surface area contributed by atoms with Crippen molar-refractivity contribution in [3.05, 3.63) is 57.2 Å². The summed E-state index contributed by atoms with van der Waals surface area (Å²) >= 11 is 7.30. The highest BCUT2D eigenvalue weighted by Gasteiger charge is 2.11. The van der Waals surface area contributed by atoms with Gasteiger partial charge in [-0.3, -0.25) is 9.59 Å². The van der Waals surface area contributed by atoms with Gasteiger partial charge in [-0.2, -0.15) is 11.3 Å². The van der Waals surface area contributed by atoms with Crippen LogP contribution in [0.5, 0.6) is 0 Å². The second kappa shape index (κ2) is 7.96. The average molecular weight is 337 g/mol. The van der Waals surface area contributed by atoms with Gasteiger partial charge >= 0.3 is 0 Å². The van der Waals surface area contributed by atoms with Crippen LogP contribution in [0.15, 0.2) is 41.1 Å². The van der Waals surface area contributed by atoms with Crippen molar-refractivity contribution in [2.24, 2.45) is 0 Å². The monoisotopic (exact) mass is 336 g/mol. The Kier molecular flexibility index (Phi) is 5.98. The molecule has 0 aliphatic heterocycles. The number of halogens is 1. The molecule has 116 valence electrons. The van der Waals surface area contributed by atoms with Crippen molar-refractivity contribution in [1.82, 2.24) is 10.2 Å². The molecule has 1 aromatic heterocycles. The molecule has 2 amide bonds. The van der Waals surface area contributed by atoms with Gasteiger partial charge in [0.15, 0.2) is 0 Å². The predicted octanol–water partition coefficient (Wildman–Crippen LogP) is 3.18. The zero-order valence-electron chi connectivity index (χ0n) is 12.2. The van der Waals surface area contributed by atoms with E-state index in [0.29, 0.717) is 23.7 Å². The lowest BCUT2D eigenvalue weighted by Gasteiger charge is -2.17. The van der Waals surface area contributed by atoms with Crippen LogP contribution >= 0.6 is 22.9 Å². The first-order chi connectivity index (χ1) is 10.6. The molecule has 22 heavy (non-hydrogen) atoms. The van der Waals surface area contributed by atoms with Crippen molar-refractivity contribution in [2.75, 3.05) is 13.6 Å². The third kappa shape index (κ3) is 4.86. The van der Waals surface area contributed by atoms with E-state index >= 15 is 0 Å². The van der Waals surface area contributed by atoms with Crippen LogP contribution < -0.4 is 5.32 Å². The quantitative estimate of drug-likeness (QED) is 0.880. The van der Waals surface area contributed by atoms with Crippen molar-refractivity contribution in [3.8, 4) is 0 Å². The van der Waals surface area contributed by atoms with Gasteiger partial charge < -0.3 is 10.2 Å². The largest absolute Gasteiger partial charge is 0.351 e. The Morgan fingerprint density at radius 2 is 1.95 bits per heavy atom. The normalized spacial score (nSPS) is 10.3. The second-order valence-corrected chi connectivity index (χ2v) is 6.11. The van der Waals surface area contributed by atoms with Crippen LogP contribution in [-0.4, -0.2) is 30.3 Å². The molecule has 6 heteroatoms. The molecule has 1 N–H and O–H groups in total. The first kappa shape index (κ1) is 16.5. The minimum Gasteiger partial charge on any atom is -0.351 e. The number of rotatable bonds is 6.